The van der Waals surface area contributed by atoms with Gasteiger partial charge in [0.05, 0.1) is 4.90 Å². The minimum atomic E-state index is -3.61. The summed E-state index contributed by atoms with van der Waals surface area (Å²) in [5, 5.41) is 2.97. The highest BCUT2D eigenvalue weighted by Crippen LogP contribution is 2.34. The fourth-order valence-corrected chi connectivity index (χ4v) is 5.94. The molecule has 0 unspecified atom stereocenters. The van der Waals surface area contributed by atoms with Crippen LogP contribution in [0.5, 0.6) is 0 Å². The van der Waals surface area contributed by atoms with Crippen LogP contribution in [0.2, 0.25) is 0 Å². The smallest absolute Gasteiger partial charge is 0.243 e. The van der Waals surface area contributed by atoms with Crippen LogP contribution in [0.4, 0.5) is 5.69 Å². The lowest BCUT2D eigenvalue weighted by atomic mass is 10.1. The van der Waals surface area contributed by atoms with E-state index in [-0.39, 0.29) is 16.7 Å². The van der Waals surface area contributed by atoms with Crippen molar-refractivity contribution in [3.05, 3.63) is 23.8 Å². The summed E-state index contributed by atoms with van der Waals surface area (Å²) >= 11 is 0. The third kappa shape index (κ3) is 5.14. The molecule has 1 saturated heterocycles. The molecular weight excluding hydrogens is 430 g/mol. The summed E-state index contributed by atoms with van der Waals surface area (Å²) in [6, 6.07) is 4.11. The lowest BCUT2D eigenvalue weighted by molar-refractivity contribution is -0.125. The zero-order valence-corrected chi connectivity index (χ0v) is 20.3. The number of sulfonamides is 1. The molecule has 10 heteroatoms. The monoisotopic (exact) mass is 465 g/mol. The van der Waals surface area contributed by atoms with Gasteiger partial charge in [-0.15, -0.1) is 0 Å². The Morgan fingerprint density at radius 3 is 2.38 bits per heavy atom. The Kier molecular flexibility index (Phi) is 7.92. The largest absolute Gasteiger partial charge is 0.353 e. The van der Waals surface area contributed by atoms with Crippen LogP contribution in [0.25, 0.3) is 0 Å². The van der Waals surface area contributed by atoms with E-state index in [1.165, 1.54) is 22.2 Å². The molecule has 0 saturated carbocycles. The SMILES string of the molecule is CCN(CC)S(=O)(=O)c1ccc2c(c1)C[C@H](C(=O)NCCN1CCN(C)CC1)N2C(C)=O. The Balaban J connectivity index is 1.70. The number of fused-ring (bicyclic) bond motifs is 1. The van der Waals surface area contributed by atoms with Crippen molar-refractivity contribution in [2.45, 2.75) is 38.1 Å². The molecule has 0 bridgehead atoms. The van der Waals surface area contributed by atoms with Gasteiger partial charge in [0.1, 0.15) is 6.04 Å². The first-order chi connectivity index (χ1) is 15.2. The van der Waals surface area contributed by atoms with Gasteiger partial charge in [-0.05, 0) is 30.8 Å². The number of hydrogen-bond acceptors (Lipinski definition) is 6. The number of piperazine rings is 1. The third-order valence-corrected chi connectivity index (χ3v) is 8.39. The first-order valence-electron chi connectivity index (χ1n) is 11.3. The normalized spacial score (nSPS) is 19.9. The maximum Gasteiger partial charge on any atom is 0.243 e. The minimum Gasteiger partial charge on any atom is -0.353 e. The van der Waals surface area contributed by atoms with Gasteiger partial charge in [-0.2, -0.15) is 4.31 Å². The van der Waals surface area contributed by atoms with Gasteiger partial charge in [-0.3, -0.25) is 19.4 Å². The molecule has 2 amide bonds. The second kappa shape index (κ2) is 10.3. The van der Waals surface area contributed by atoms with Crippen LogP contribution < -0.4 is 10.2 Å². The summed E-state index contributed by atoms with van der Waals surface area (Å²) in [7, 11) is -1.51. The first kappa shape index (κ1) is 24.6. The molecule has 1 atom stereocenters. The fraction of sp³-hybridized carbons (Fsp3) is 0.636. The molecule has 1 fully saturated rings. The van der Waals surface area contributed by atoms with E-state index in [1.54, 1.807) is 26.0 Å². The molecule has 1 aromatic carbocycles. The molecule has 2 aliphatic heterocycles. The molecule has 178 valence electrons. The molecular formula is C22H35N5O4S. The van der Waals surface area contributed by atoms with Crippen LogP contribution in [0.1, 0.15) is 26.3 Å². The van der Waals surface area contributed by atoms with Crippen LogP contribution in [0.15, 0.2) is 23.1 Å². The van der Waals surface area contributed by atoms with E-state index < -0.39 is 16.1 Å². The number of nitrogens with one attached hydrogen (secondary N) is 1. The van der Waals surface area contributed by atoms with E-state index in [2.05, 4.69) is 22.2 Å². The van der Waals surface area contributed by atoms with Gasteiger partial charge < -0.3 is 10.2 Å². The Hall–Kier alpha value is -2.01. The predicted molar refractivity (Wildman–Crippen MR) is 124 cm³/mol. The van der Waals surface area contributed by atoms with Crippen molar-refractivity contribution in [1.29, 1.82) is 0 Å². The maximum atomic E-state index is 12.9. The molecule has 2 aliphatic rings. The quantitative estimate of drug-likeness (QED) is 0.596. The van der Waals surface area contributed by atoms with Gasteiger partial charge in [0, 0.05) is 71.4 Å². The fourth-order valence-electron chi connectivity index (χ4n) is 4.43. The van der Waals surface area contributed by atoms with Crippen LogP contribution in [0, 0.1) is 0 Å². The molecule has 1 aromatic rings. The zero-order valence-electron chi connectivity index (χ0n) is 19.5. The highest BCUT2D eigenvalue weighted by atomic mass is 32.2. The van der Waals surface area contributed by atoms with Gasteiger partial charge in [0.15, 0.2) is 0 Å². The molecule has 0 aromatic heterocycles. The van der Waals surface area contributed by atoms with Gasteiger partial charge in [0.2, 0.25) is 21.8 Å². The zero-order chi connectivity index (χ0) is 23.5. The van der Waals surface area contributed by atoms with Crippen molar-refractivity contribution in [2.75, 3.05) is 64.3 Å². The number of amides is 2. The number of benzene rings is 1. The molecule has 3 rings (SSSR count). The van der Waals surface area contributed by atoms with Gasteiger partial charge in [0.25, 0.3) is 0 Å². The van der Waals surface area contributed by atoms with E-state index in [4.69, 9.17) is 0 Å². The van der Waals surface area contributed by atoms with Crippen molar-refractivity contribution in [2.24, 2.45) is 0 Å². The summed E-state index contributed by atoms with van der Waals surface area (Å²) in [5.41, 5.74) is 1.31. The second-order valence-corrected chi connectivity index (χ2v) is 10.4. The van der Waals surface area contributed by atoms with Crippen molar-refractivity contribution < 1.29 is 18.0 Å². The molecule has 2 heterocycles. The minimum absolute atomic E-state index is 0.194. The van der Waals surface area contributed by atoms with Crippen LogP contribution in [-0.4, -0.2) is 99.8 Å². The van der Waals surface area contributed by atoms with E-state index in [1.807, 2.05) is 0 Å². The van der Waals surface area contributed by atoms with Gasteiger partial charge >= 0.3 is 0 Å². The number of nitrogens with zero attached hydrogens (tertiary/aromatic N) is 4. The lowest BCUT2D eigenvalue weighted by Crippen LogP contribution is -2.50. The van der Waals surface area contributed by atoms with Crippen molar-refractivity contribution in [1.82, 2.24) is 19.4 Å². The van der Waals surface area contributed by atoms with E-state index in [9.17, 15) is 18.0 Å². The van der Waals surface area contributed by atoms with Crippen molar-refractivity contribution >= 4 is 27.5 Å². The average molecular weight is 466 g/mol. The topological polar surface area (TPSA) is 93.3 Å². The number of rotatable bonds is 8. The molecule has 0 spiro atoms. The Bertz CT molecular complexity index is 940. The van der Waals surface area contributed by atoms with Crippen molar-refractivity contribution in [3.63, 3.8) is 0 Å². The predicted octanol–water partition coefficient (Wildman–Crippen LogP) is 0.358. The number of carbonyl (C=O) groups excluding carboxylic acids is 2. The molecule has 0 aliphatic carbocycles. The Morgan fingerprint density at radius 2 is 1.78 bits per heavy atom. The van der Waals surface area contributed by atoms with Gasteiger partial charge in [-0.1, -0.05) is 13.8 Å². The average Bonchev–Trinajstić information content (AvgIpc) is 3.15. The molecule has 9 nitrogen and oxygen atoms in total. The third-order valence-electron chi connectivity index (χ3n) is 6.34. The number of hydrogen-bond donors (Lipinski definition) is 1. The highest BCUT2D eigenvalue weighted by molar-refractivity contribution is 7.89. The van der Waals surface area contributed by atoms with Crippen molar-refractivity contribution in [3.8, 4) is 0 Å². The second-order valence-electron chi connectivity index (χ2n) is 8.42. The summed E-state index contributed by atoms with van der Waals surface area (Å²) < 4.78 is 27.2. The van der Waals surface area contributed by atoms with Crippen LogP contribution in [-0.2, 0) is 26.0 Å². The van der Waals surface area contributed by atoms with Crippen LogP contribution >= 0.6 is 0 Å². The van der Waals surface area contributed by atoms with Gasteiger partial charge in [-0.25, -0.2) is 8.42 Å². The van der Waals surface area contributed by atoms with E-state index >= 15 is 0 Å². The molecule has 1 N–H and O–H groups in total. The van der Waals surface area contributed by atoms with E-state index in [0.717, 1.165) is 32.7 Å². The number of carbonyl (C=O) groups is 2. The number of anilines is 1. The summed E-state index contributed by atoms with van der Waals surface area (Å²) in [6.07, 6.45) is 0.302. The summed E-state index contributed by atoms with van der Waals surface area (Å²) in [6.45, 7) is 11.1. The first-order valence-corrected chi connectivity index (χ1v) is 12.7. The number of likely N-dealkylation sites (N-methyl/N-ethyl adjacent to an activating group) is 1. The molecule has 32 heavy (non-hydrogen) atoms. The Labute approximate surface area is 191 Å². The Morgan fingerprint density at radius 1 is 1.12 bits per heavy atom. The van der Waals surface area contributed by atoms with E-state index in [0.29, 0.717) is 37.3 Å². The summed E-state index contributed by atoms with van der Waals surface area (Å²) in [5.74, 6) is -0.444. The summed E-state index contributed by atoms with van der Waals surface area (Å²) in [4.78, 5) is 31.6. The standard InChI is InChI=1S/C22H35N5O4S/c1-5-26(6-2)32(30,31)19-7-8-20-18(15-19)16-21(27(20)17(3)28)22(29)23-9-10-25-13-11-24(4)12-14-25/h7-8,15,21H,5-6,9-14,16H2,1-4H3,(H,23,29)/t21-/m1/s1. The molecule has 0 radical (unpaired) electrons. The van der Waals surface area contributed by atoms with Crippen LogP contribution in [0.3, 0.4) is 0 Å². The maximum absolute atomic E-state index is 12.9. The highest BCUT2D eigenvalue weighted by Gasteiger charge is 2.38. The lowest BCUT2D eigenvalue weighted by Gasteiger charge is -2.32.